The van der Waals surface area contributed by atoms with Crippen LogP contribution >= 0.6 is 0 Å². The van der Waals surface area contributed by atoms with Crippen molar-refractivity contribution in [2.75, 3.05) is 46.6 Å². The van der Waals surface area contributed by atoms with Crippen molar-refractivity contribution in [1.29, 1.82) is 0 Å². The monoisotopic (exact) mass is 335 g/mol. The van der Waals surface area contributed by atoms with Gasteiger partial charge in [0.1, 0.15) is 12.4 Å². The molecule has 6 heteroatoms. The van der Waals surface area contributed by atoms with Crippen LogP contribution in [-0.4, -0.2) is 57.6 Å². The molecule has 134 valence electrons. The summed E-state index contributed by atoms with van der Waals surface area (Å²) < 4.78 is 11.3. The van der Waals surface area contributed by atoms with Crippen LogP contribution < -0.4 is 15.4 Å². The van der Waals surface area contributed by atoms with Gasteiger partial charge in [0, 0.05) is 32.2 Å². The van der Waals surface area contributed by atoms with Crippen LogP contribution in [0, 0.1) is 12.3 Å². The van der Waals surface area contributed by atoms with Gasteiger partial charge in [-0.2, -0.15) is 0 Å². The lowest BCUT2D eigenvalue weighted by Gasteiger charge is -2.27. The summed E-state index contributed by atoms with van der Waals surface area (Å²) in [6, 6.07) is 7.98. The minimum Gasteiger partial charge on any atom is -0.491 e. The fourth-order valence-electron chi connectivity index (χ4n) is 2.85. The van der Waals surface area contributed by atoms with E-state index >= 15 is 0 Å². The number of aliphatic imine (C=N–C) groups is 1. The molecule has 2 rings (SSSR count). The first-order valence-electron chi connectivity index (χ1n) is 8.51. The summed E-state index contributed by atoms with van der Waals surface area (Å²) in [7, 11) is 1.75. The second-order valence-corrected chi connectivity index (χ2v) is 6.24. The summed E-state index contributed by atoms with van der Waals surface area (Å²) in [5.41, 5.74) is 1.14. The van der Waals surface area contributed by atoms with E-state index < -0.39 is 0 Å². The van der Waals surface area contributed by atoms with E-state index in [0.717, 1.165) is 43.3 Å². The smallest absolute Gasteiger partial charge is 0.191 e. The number of aliphatic hydroxyl groups is 1. The highest BCUT2D eigenvalue weighted by Crippen LogP contribution is 2.31. The highest BCUT2D eigenvalue weighted by atomic mass is 16.5. The molecule has 1 saturated heterocycles. The van der Waals surface area contributed by atoms with Gasteiger partial charge >= 0.3 is 0 Å². The molecule has 1 aliphatic heterocycles. The van der Waals surface area contributed by atoms with E-state index in [-0.39, 0.29) is 12.0 Å². The number of nitrogens with zero attached hydrogens (tertiary/aromatic N) is 1. The Balaban J connectivity index is 1.71. The van der Waals surface area contributed by atoms with Crippen molar-refractivity contribution >= 4 is 5.96 Å². The number of aliphatic hydroxyl groups excluding tert-OH is 1. The van der Waals surface area contributed by atoms with Gasteiger partial charge in [-0.15, -0.1) is 0 Å². The standard InChI is InChI=1S/C18H29N3O3/c1-15-5-3-4-6-16(15)24-12-9-20-17(19-2)21-13-18(7-10-22)8-11-23-14-18/h3-6,22H,7-14H2,1-2H3,(H2,19,20,21). The lowest BCUT2D eigenvalue weighted by atomic mass is 9.84. The summed E-state index contributed by atoms with van der Waals surface area (Å²) in [6.07, 6.45) is 1.71. The molecule has 1 atom stereocenters. The number of rotatable bonds is 8. The van der Waals surface area contributed by atoms with Gasteiger partial charge in [0.15, 0.2) is 5.96 Å². The normalized spacial score (nSPS) is 20.9. The Morgan fingerprint density at radius 2 is 2.21 bits per heavy atom. The van der Waals surface area contributed by atoms with Gasteiger partial charge in [-0.25, -0.2) is 0 Å². The van der Waals surface area contributed by atoms with Gasteiger partial charge in [0.25, 0.3) is 0 Å². The third-order valence-electron chi connectivity index (χ3n) is 4.43. The lowest BCUT2D eigenvalue weighted by Crippen LogP contribution is -2.45. The number of para-hydroxylation sites is 1. The largest absolute Gasteiger partial charge is 0.491 e. The number of guanidine groups is 1. The first-order chi connectivity index (χ1) is 11.7. The molecule has 0 amide bonds. The van der Waals surface area contributed by atoms with Gasteiger partial charge in [-0.3, -0.25) is 4.99 Å². The second-order valence-electron chi connectivity index (χ2n) is 6.24. The van der Waals surface area contributed by atoms with Crippen LogP contribution in [0.5, 0.6) is 5.75 Å². The van der Waals surface area contributed by atoms with Crippen LogP contribution in [0.2, 0.25) is 0 Å². The minimum atomic E-state index is 0.00399. The molecule has 3 N–H and O–H groups in total. The molecule has 0 radical (unpaired) electrons. The van der Waals surface area contributed by atoms with E-state index in [9.17, 15) is 5.11 Å². The summed E-state index contributed by atoms with van der Waals surface area (Å²) in [4.78, 5) is 4.24. The molecule has 0 bridgehead atoms. The van der Waals surface area contributed by atoms with Gasteiger partial charge < -0.3 is 25.2 Å². The molecule has 0 spiro atoms. The third-order valence-corrected chi connectivity index (χ3v) is 4.43. The Labute approximate surface area is 144 Å². The number of aryl methyl sites for hydroxylation is 1. The van der Waals surface area contributed by atoms with Crippen molar-refractivity contribution in [3.8, 4) is 5.75 Å². The van der Waals surface area contributed by atoms with Crippen molar-refractivity contribution in [3.05, 3.63) is 29.8 Å². The zero-order chi connectivity index (χ0) is 17.3. The average molecular weight is 335 g/mol. The van der Waals surface area contributed by atoms with E-state index in [0.29, 0.717) is 19.8 Å². The van der Waals surface area contributed by atoms with E-state index in [1.807, 2.05) is 31.2 Å². The molecule has 1 aliphatic rings. The zero-order valence-corrected chi connectivity index (χ0v) is 14.7. The van der Waals surface area contributed by atoms with E-state index in [2.05, 4.69) is 15.6 Å². The lowest BCUT2D eigenvalue weighted by molar-refractivity contribution is 0.127. The van der Waals surface area contributed by atoms with Gasteiger partial charge in [-0.05, 0) is 31.4 Å². The summed E-state index contributed by atoms with van der Waals surface area (Å²) >= 11 is 0. The van der Waals surface area contributed by atoms with Crippen LogP contribution in [0.4, 0.5) is 0 Å². The summed E-state index contributed by atoms with van der Waals surface area (Å²) in [6.45, 7) is 5.64. The van der Waals surface area contributed by atoms with Crippen molar-refractivity contribution < 1.29 is 14.6 Å². The molecular formula is C18H29N3O3. The molecule has 1 heterocycles. The highest BCUT2D eigenvalue weighted by Gasteiger charge is 2.34. The number of hydrogen-bond donors (Lipinski definition) is 3. The number of benzene rings is 1. The zero-order valence-electron chi connectivity index (χ0n) is 14.7. The molecular weight excluding hydrogens is 306 g/mol. The Hall–Kier alpha value is -1.79. The van der Waals surface area contributed by atoms with Gasteiger partial charge in [-0.1, -0.05) is 18.2 Å². The van der Waals surface area contributed by atoms with E-state index in [1.165, 1.54) is 0 Å². The molecule has 0 saturated carbocycles. The van der Waals surface area contributed by atoms with Crippen molar-refractivity contribution in [3.63, 3.8) is 0 Å². The maximum Gasteiger partial charge on any atom is 0.191 e. The van der Waals surface area contributed by atoms with Crippen LogP contribution in [0.15, 0.2) is 29.3 Å². The third kappa shape index (κ3) is 5.39. The Bertz CT molecular complexity index is 528. The molecule has 1 aromatic rings. The number of ether oxygens (including phenoxy) is 2. The number of hydrogen-bond acceptors (Lipinski definition) is 4. The van der Waals surface area contributed by atoms with Crippen LogP contribution in [0.1, 0.15) is 18.4 Å². The topological polar surface area (TPSA) is 75.1 Å². The maximum absolute atomic E-state index is 9.27. The van der Waals surface area contributed by atoms with E-state index in [4.69, 9.17) is 9.47 Å². The predicted octanol–water partition coefficient (Wildman–Crippen LogP) is 1.33. The van der Waals surface area contributed by atoms with Crippen molar-refractivity contribution in [2.45, 2.75) is 19.8 Å². The van der Waals surface area contributed by atoms with Crippen molar-refractivity contribution in [1.82, 2.24) is 10.6 Å². The van der Waals surface area contributed by atoms with Crippen LogP contribution in [0.25, 0.3) is 0 Å². The molecule has 0 aliphatic carbocycles. The fraction of sp³-hybridized carbons (Fsp3) is 0.611. The molecule has 0 aromatic heterocycles. The predicted molar refractivity (Wildman–Crippen MR) is 95.6 cm³/mol. The maximum atomic E-state index is 9.27. The molecule has 6 nitrogen and oxygen atoms in total. The Kier molecular flexibility index (Phi) is 7.34. The SMILES string of the molecule is CN=C(NCCOc1ccccc1C)NCC1(CCO)CCOC1. The summed E-state index contributed by atoms with van der Waals surface area (Å²) in [5.74, 6) is 1.65. The van der Waals surface area contributed by atoms with Crippen molar-refractivity contribution in [2.24, 2.45) is 10.4 Å². The summed E-state index contributed by atoms with van der Waals surface area (Å²) in [5, 5.41) is 15.9. The molecule has 1 unspecified atom stereocenters. The van der Waals surface area contributed by atoms with Crippen LogP contribution in [-0.2, 0) is 4.74 Å². The molecule has 1 aromatic carbocycles. The van der Waals surface area contributed by atoms with Gasteiger partial charge in [0.05, 0.1) is 13.2 Å². The number of nitrogens with one attached hydrogen (secondary N) is 2. The average Bonchev–Trinajstić information content (AvgIpc) is 3.05. The first kappa shape index (κ1) is 18.5. The second kappa shape index (κ2) is 9.49. The Morgan fingerprint density at radius 1 is 1.38 bits per heavy atom. The van der Waals surface area contributed by atoms with Crippen LogP contribution in [0.3, 0.4) is 0 Å². The minimum absolute atomic E-state index is 0.00399. The Morgan fingerprint density at radius 3 is 2.88 bits per heavy atom. The molecule has 24 heavy (non-hydrogen) atoms. The highest BCUT2D eigenvalue weighted by molar-refractivity contribution is 5.79. The molecule has 1 fully saturated rings. The van der Waals surface area contributed by atoms with E-state index in [1.54, 1.807) is 7.05 Å². The van der Waals surface area contributed by atoms with Gasteiger partial charge in [0.2, 0.25) is 0 Å². The fourth-order valence-corrected chi connectivity index (χ4v) is 2.85. The first-order valence-corrected chi connectivity index (χ1v) is 8.51. The quantitative estimate of drug-likeness (QED) is 0.380.